The standard InChI is InChI=1S/C30H38ClN3O/c1-5-27(30-24(3)29(16-15-28(30)31)33-19-23(2)35-4)22-34-18-10-14-26(21-34)20-32-17-9-13-25-11-7-6-8-12-25/h5-9,11-13,15-16,19,26-27,32H,1,3,10,14,17-18,20-22H2,2,4H3/b13-9+,23-19+,33-29?. The van der Waals surface area contributed by atoms with Crippen molar-refractivity contribution in [1.29, 1.82) is 0 Å². The van der Waals surface area contributed by atoms with Gasteiger partial charge < -0.3 is 15.0 Å². The van der Waals surface area contributed by atoms with Crippen molar-refractivity contribution in [2.24, 2.45) is 16.8 Å². The number of methoxy groups -OCH3 is 1. The van der Waals surface area contributed by atoms with Crippen molar-refractivity contribution in [3.63, 3.8) is 0 Å². The summed E-state index contributed by atoms with van der Waals surface area (Å²) in [6.45, 7) is 15.3. The Morgan fingerprint density at radius 3 is 2.86 bits per heavy atom. The maximum atomic E-state index is 6.65. The molecule has 1 N–H and O–H groups in total. The Bertz CT molecular complexity index is 1020. The average molecular weight is 492 g/mol. The lowest BCUT2D eigenvalue weighted by Gasteiger charge is -2.35. The molecule has 2 unspecified atom stereocenters. The minimum Gasteiger partial charge on any atom is -0.500 e. The summed E-state index contributed by atoms with van der Waals surface area (Å²) in [5.41, 5.74) is 3.90. The highest BCUT2D eigenvalue weighted by Crippen LogP contribution is 2.33. The van der Waals surface area contributed by atoms with Crippen LogP contribution >= 0.6 is 11.6 Å². The first-order chi connectivity index (χ1) is 17.0. The fourth-order valence-corrected chi connectivity index (χ4v) is 4.85. The van der Waals surface area contributed by atoms with Crippen LogP contribution in [-0.4, -0.2) is 50.4 Å². The Hall–Kier alpha value is -2.66. The van der Waals surface area contributed by atoms with Gasteiger partial charge in [0.25, 0.3) is 0 Å². The number of likely N-dealkylation sites (tertiary alicyclic amines) is 1. The second kappa shape index (κ2) is 14.0. The van der Waals surface area contributed by atoms with Crippen molar-refractivity contribution in [2.45, 2.75) is 19.8 Å². The third-order valence-corrected chi connectivity index (χ3v) is 6.83. The number of aliphatic imine (C=N–C) groups is 1. The number of rotatable bonds is 11. The van der Waals surface area contributed by atoms with Crippen LogP contribution < -0.4 is 5.32 Å². The van der Waals surface area contributed by atoms with E-state index in [0.717, 1.165) is 55.3 Å². The monoisotopic (exact) mass is 491 g/mol. The van der Waals surface area contributed by atoms with Crippen molar-refractivity contribution in [3.8, 4) is 0 Å². The minimum absolute atomic E-state index is 0.0955. The van der Waals surface area contributed by atoms with Crippen molar-refractivity contribution >= 4 is 23.4 Å². The molecule has 1 heterocycles. The van der Waals surface area contributed by atoms with E-state index in [1.807, 2.05) is 31.2 Å². The molecule has 1 aromatic rings. The summed E-state index contributed by atoms with van der Waals surface area (Å²) in [5, 5.41) is 4.32. The van der Waals surface area contributed by atoms with Gasteiger partial charge in [-0.05, 0) is 67.6 Å². The van der Waals surface area contributed by atoms with Crippen LogP contribution in [0.2, 0.25) is 0 Å². The average Bonchev–Trinajstić information content (AvgIpc) is 2.88. The van der Waals surface area contributed by atoms with E-state index in [2.05, 4.69) is 64.8 Å². The second-order valence-corrected chi connectivity index (χ2v) is 9.52. The summed E-state index contributed by atoms with van der Waals surface area (Å²) in [6, 6.07) is 10.4. The normalized spacial score (nSPS) is 21.7. The summed E-state index contributed by atoms with van der Waals surface area (Å²) in [6.07, 6.45) is 14.3. The van der Waals surface area contributed by atoms with Crippen LogP contribution in [-0.2, 0) is 4.74 Å². The topological polar surface area (TPSA) is 36.9 Å². The van der Waals surface area contributed by atoms with Gasteiger partial charge in [-0.15, -0.1) is 6.58 Å². The first kappa shape index (κ1) is 26.9. The highest BCUT2D eigenvalue weighted by Gasteiger charge is 2.27. The number of ether oxygens (including phenoxy) is 1. The number of piperidine rings is 1. The summed E-state index contributed by atoms with van der Waals surface area (Å²) < 4.78 is 5.20. The predicted octanol–water partition coefficient (Wildman–Crippen LogP) is 6.37. The number of allylic oxidation sites excluding steroid dienone is 5. The number of benzene rings is 1. The zero-order valence-corrected chi connectivity index (χ0v) is 21.8. The van der Waals surface area contributed by atoms with E-state index in [1.54, 1.807) is 13.3 Å². The smallest absolute Gasteiger partial charge is 0.111 e. The van der Waals surface area contributed by atoms with E-state index < -0.39 is 0 Å². The maximum Gasteiger partial charge on any atom is 0.111 e. The summed E-state index contributed by atoms with van der Waals surface area (Å²) in [7, 11) is 1.64. The highest BCUT2D eigenvalue weighted by atomic mass is 35.5. The van der Waals surface area contributed by atoms with Crippen LogP contribution in [0.1, 0.15) is 25.3 Å². The van der Waals surface area contributed by atoms with Crippen LogP contribution in [0.4, 0.5) is 0 Å². The number of halogens is 1. The number of hydrogen-bond donors (Lipinski definition) is 1. The SMILES string of the molecule is C=CC(CN1CCCC(CNC/C=C/c2ccccc2)C1)C1=C(Cl)C=CC(=N/C=C(\C)OC)C1=C. The summed E-state index contributed by atoms with van der Waals surface area (Å²) in [5.74, 6) is 1.47. The Kier molecular flexibility index (Phi) is 10.8. The van der Waals surface area contributed by atoms with Crippen LogP contribution in [0.15, 0.2) is 101 Å². The van der Waals surface area contributed by atoms with Gasteiger partial charge in [-0.3, -0.25) is 4.99 Å². The Morgan fingerprint density at radius 1 is 1.31 bits per heavy atom. The first-order valence-electron chi connectivity index (χ1n) is 12.3. The quantitative estimate of drug-likeness (QED) is 0.222. The molecule has 1 aromatic carbocycles. The van der Waals surface area contributed by atoms with E-state index in [1.165, 1.54) is 18.4 Å². The molecule has 5 heteroatoms. The third-order valence-electron chi connectivity index (χ3n) is 6.50. The molecule has 2 atom stereocenters. The number of nitrogens with one attached hydrogen (secondary N) is 1. The van der Waals surface area contributed by atoms with E-state index in [9.17, 15) is 0 Å². The van der Waals surface area contributed by atoms with E-state index in [-0.39, 0.29) is 5.92 Å². The lowest BCUT2D eigenvalue weighted by atomic mass is 9.86. The Labute approximate surface area is 216 Å². The lowest BCUT2D eigenvalue weighted by Crippen LogP contribution is -2.42. The molecule has 3 rings (SSSR count). The Balaban J connectivity index is 1.55. The molecule has 4 nitrogen and oxygen atoms in total. The molecule has 0 saturated carbocycles. The van der Waals surface area contributed by atoms with Gasteiger partial charge in [0.1, 0.15) is 5.76 Å². The van der Waals surface area contributed by atoms with Gasteiger partial charge in [0.05, 0.1) is 19.0 Å². The molecule has 0 radical (unpaired) electrons. The summed E-state index contributed by atoms with van der Waals surface area (Å²) in [4.78, 5) is 7.09. The van der Waals surface area contributed by atoms with Crippen LogP contribution in [0.3, 0.4) is 0 Å². The molecule has 0 aromatic heterocycles. The van der Waals surface area contributed by atoms with Gasteiger partial charge in [-0.2, -0.15) is 0 Å². The van der Waals surface area contributed by atoms with Gasteiger partial charge in [-0.1, -0.05) is 66.7 Å². The molecular weight excluding hydrogens is 454 g/mol. The molecule has 1 fully saturated rings. The van der Waals surface area contributed by atoms with Crippen LogP contribution in [0.5, 0.6) is 0 Å². The van der Waals surface area contributed by atoms with Crippen LogP contribution in [0, 0.1) is 11.8 Å². The van der Waals surface area contributed by atoms with Crippen LogP contribution in [0.25, 0.3) is 6.08 Å². The van der Waals surface area contributed by atoms with Gasteiger partial charge in [-0.25, -0.2) is 0 Å². The first-order valence-corrected chi connectivity index (χ1v) is 12.7. The van der Waals surface area contributed by atoms with Crippen molar-refractivity contribution < 1.29 is 4.74 Å². The highest BCUT2D eigenvalue weighted by molar-refractivity contribution is 6.34. The molecule has 2 aliphatic rings. The lowest BCUT2D eigenvalue weighted by molar-refractivity contribution is 0.165. The van der Waals surface area contributed by atoms with E-state index >= 15 is 0 Å². The molecule has 1 aliphatic heterocycles. The zero-order chi connectivity index (χ0) is 25.0. The van der Waals surface area contributed by atoms with E-state index in [4.69, 9.17) is 16.3 Å². The molecule has 1 saturated heterocycles. The van der Waals surface area contributed by atoms with Crippen molar-refractivity contribution in [1.82, 2.24) is 10.2 Å². The van der Waals surface area contributed by atoms with Gasteiger partial charge in [0.15, 0.2) is 0 Å². The van der Waals surface area contributed by atoms with Gasteiger partial charge in [0.2, 0.25) is 0 Å². The van der Waals surface area contributed by atoms with E-state index in [0.29, 0.717) is 11.0 Å². The summed E-state index contributed by atoms with van der Waals surface area (Å²) >= 11 is 6.65. The molecule has 1 aliphatic carbocycles. The van der Waals surface area contributed by atoms with Gasteiger partial charge in [0, 0.05) is 30.6 Å². The fourth-order valence-electron chi connectivity index (χ4n) is 4.54. The zero-order valence-electron chi connectivity index (χ0n) is 21.1. The largest absolute Gasteiger partial charge is 0.500 e. The fraction of sp³-hybridized carbons (Fsp3) is 0.367. The molecule has 0 spiro atoms. The molecule has 0 bridgehead atoms. The van der Waals surface area contributed by atoms with Gasteiger partial charge >= 0.3 is 0 Å². The van der Waals surface area contributed by atoms with Crippen molar-refractivity contribution in [2.75, 3.05) is 39.8 Å². The number of hydrogen-bond acceptors (Lipinski definition) is 4. The molecule has 186 valence electrons. The molecule has 0 amide bonds. The maximum absolute atomic E-state index is 6.65. The number of nitrogens with zero attached hydrogens (tertiary/aromatic N) is 2. The van der Waals surface area contributed by atoms with Crippen molar-refractivity contribution in [3.05, 3.63) is 101 Å². The minimum atomic E-state index is 0.0955. The molecular formula is C30H38ClN3O. The Morgan fingerprint density at radius 2 is 2.11 bits per heavy atom. The second-order valence-electron chi connectivity index (χ2n) is 9.11. The predicted molar refractivity (Wildman–Crippen MR) is 151 cm³/mol. The molecule has 35 heavy (non-hydrogen) atoms. The third kappa shape index (κ3) is 8.21.